The van der Waals surface area contributed by atoms with Crippen molar-refractivity contribution in [3.8, 4) is 0 Å². The summed E-state index contributed by atoms with van der Waals surface area (Å²) in [6.07, 6.45) is 7.67. The molecule has 2 aromatic rings. The number of ether oxygens (including phenoxy) is 1. The first kappa shape index (κ1) is 17.0. The Bertz CT molecular complexity index is 609. The minimum Gasteiger partial charge on any atom is -0.376 e. The zero-order valence-electron chi connectivity index (χ0n) is 13.9. The zero-order valence-corrected chi connectivity index (χ0v) is 14.7. The van der Waals surface area contributed by atoms with E-state index in [1.54, 1.807) is 23.9 Å². The van der Waals surface area contributed by atoms with Gasteiger partial charge in [-0.05, 0) is 31.2 Å². The summed E-state index contributed by atoms with van der Waals surface area (Å²) < 4.78 is 7.68. The third kappa shape index (κ3) is 4.82. The Morgan fingerprint density at radius 1 is 1.62 bits per heavy atom. The van der Waals surface area contributed by atoms with Crippen LogP contribution in [0.4, 0.5) is 4.79 Å². The normalized spacial score (nSPS) is 18.5. The molecule has 0 aromatic carbocycles. The van der Waals surface area contributed by atoms with Crippen LogP contribution in [0.5, 0.6) is 0 Å². The molecule has 1 saturated heterocycles. The number of urea groups is 1. The van der Waals surface area contributed by atoms with Crippen LogP contribution < -0.4 is 5.32 Å². The molecule has 0 saturated carbocycles. The maximum Gasteiger partial charge on any atom is 0.318 e. The van der Waals surface area contributed by atoms with Gasteiger partial charge in [-0.3, -0.25) is 0 Å². The van der Waals surface area contributed by atoms with Gasteiger partial charge in [0.1, 0.15) is 0 Å². The number of nitrogens with one attached hydrogen (secondary N) is 1. The molecule has 0 bridgehead atoms. The van der Waals surface area contributed by atoms with Crippen molar-refractivity contribution < 1.29 is 9.53 Å². The lowest BCUT2D eigenvalue weighted by molar-refractivity contribution is 0.0791. The molecule has 24 heavy (non-hydrogen) atoms. The summed E-state index contributed by atoms with van der Waals surface area (Å²) in [7, 11) is 0. The Labute approximate surface area is 146 Å². The highest BCUT2D eigenvalue weighted by Gasteiger charge is 2.23. The summed E-state index contributed by atoms with van der Waals surface area (Å²) >= 11 is 1.67. The third-order valence-corrected chi connectivity index (χ3v) is 4.94. The molecule has 1 N–H and O–H groups in total. The van der Waals surface area contributed by atoms with Gasteiger partial charge in [-0.1, -0.05) is 6.07 Å². The van der Waals surface area contributed by atoms with E-state index >= 15 is 0 Å². The lowest BCUT2D eigenvalue weighted by Gasteiger charge is -2.27. The van der Waals surface area contributed by atoms with E-state index < -0.39 is 0 Å². The summed E-state index contributed by atoms with van der Waals surface area (Å²) in [5, 5.41) is 5.13. The summed E-state index contributed by atoms with van der Waals surface area (Å²) in [5.41, 5.74) is 0. The maximum atomic E-state index is 12.7. The highest BCUT2D eigenvalue weighted by molar-refractivity contribution is 7.09. The molecule has 2 atom stereocenters. The molecular formula is C17H24N4O2S. The fourth-order valence-electron chi connectivity index (χ4n) is 2.90. The Morgan fingerprint density at radius 2 is 2.54 bits per heavy atom. The van der Waals surface area contributed by atoms with Crippen LogP contribution >= 0.6 is 11.3 Å². The van der Waals surface area contributed by atoms with Crippen molar-refractivity contribution in [2.45, 2.75) is 45.0 Å². The maximum absolute atomic E-state index is 12.7. The van der Waals surface area contributed by atoms with Crippen LogP contribution in [0.15, 0.2) is 36.2 Å². The van der Waals surface area contributed by atoms with Crippen LogP contribution in [0, 0.1) is 0 Å². The minimum atomic E-state index is -0.0356. The van der Waals surface area contributed by atoms with Gasteiger partial charge in [0.05, 0.1) is 19.0 Å². The van der Waals surface area contributed by atoms with Crippen molar-refractivity contribution in [1.29, 1.82) is 0 Å². The zero-order chi connectivity index (χ0) is 16.8. The van der Waals surface area contributed by atoms with Crippen molar-refractivity contribution in [3.05, 3.63) is 41.1 Å². The molecule has 2 unspecified atom stereocenters. The lowest BCUT2D eigenvalue weighted by atomic mass is 10.2. The van der Waals surface area contributed by atoms with Gasteiger partial charge in [-0.15, -0.1) is 11.3 Å². The number of amides is 2. The van der Waals surface area contributed by atoms with Crippen molar-refractivity contribution in [2.24, 2.45) is 0 Å². The first-order chi connectivity index (χ1) is 11.7. The van der Waals surface area contributed by atoms with Gasteiger partial charge in [0.25, 0.3) is 0 Å². The van der Waals surface area contributed by atoms with Crippen LogP contribution in [-0.4, -0.2) is 45.8 Å². The number of imidazole rings is 1. The van der Waals surface area contributed by atoms with Crippen LogP contribution in [0.2, 0.25) is 0 Å². The van der Waals surface area contributed by atoms with Gasteiger partial charge >= 0.3 is 6.03 Å². The molecule has 6 nitrogen and oxygen atoms in total. The first-order valence-electron chi connectivity index (χ1n) is 8.36. The number of aromatic nitrogens is 2. The van der Waals surface area contributed by atoms with Crippen molar-refractivity contribution >= 4 is 17.4 Å². The van der Waals surface area contributed by atoms with Crippen LogP contribution in [0.1, 0.15) is 24.6 Å². The van der Waals surface area contributed by atoms with Gasteiger partial charge in [-0.2, -0.15) is 0 Å². The van der Waals surface area contributed by atoms with E-state index in [0.717, 1.165) is 19.4 Å². The number of nitrogens with zero attached hydrogens (tertiary/aromatic N) is 3. The minimum absolute atomic E-state index is 0.0297. The first-order valence-corrected chi connectivity index (χ1v) is 9.24. The molecule has 1 aliphatic heterocycles. The van der Waals surface area contributed by atoms with Gasteiger partial charge in [0.2, 0.25) is 0 Å². The molecule has 1 fully saturated rings. The Kier molecular flexibility index (Phi) is 5.87. The van der Waals surface area contributed by atoms with Gasteiger partial charge in [0, 0.05) is 43.0 Å². The van der Waals surface area contributed by atoms with Crippen molar-refractivity contribution in [2.75, 3.05) is 13.2 Å². The molecule has 0 aliphatic carbocycles. The smallest absolute Gasteiger partial charge is 0.318 e. The summed E-state index contributed by atoms with van der Waals surface area (Å²) in [4.78, 5) is 19.8. The Balaban J connectivity index is 1.58. The van der Waals surface area contributed by atoms with Crippen molar-refractivity contribution in [3.63, 3.8) is 0 Å². The second-order valence-electron chi connectivity index (χ2n) is 6.20. The molecule has 3 rings (SSSR count). The van der Waals surface area contributed by atoms with E-state index in [4.69, 9.17) is 4.74 Å². The molecule has 3 heterocycles. The molecule has 2 amide bonds. The third-order valence-electron chi connectivity index (χ3n) is 4.08. The number of carbonyl (C=O) groups is 1. The second-order valence-corrected chi connectivity index (χ2v) is 7.24. The number of hydrogen-bond donors (Lipinski definition) is 1. The average Bonchev–Trinajstić information content (AvgIpc) is 3.30. The molecule has 0 spiro atoms. The quantitative estimate of drug-likeness (QED) is 0.837. The highest BCUT2D eigenvalue weighted by atomic mass is 32.1. The second kappa shape index (κ2) is 8.30. The predicted molar refractivity (Wildman–Crippen MR) is 93.9 cm³/mol. The Hall–Kier alpha value is -1.86. The number of rotatable bonds is 7. The summed E-state index contributed by atoms with van der Waals surface area (Å²) in [5.74, 6) is 0. The molecule has 2 aromatic heterocycles. The number of thiophene rings is 1. The molecular weight excluding hydrogens is 324 g/mol. The van der Waals surface area contributed by atoms with E-state index in [-0.39, 0.29) is 18.2 Å². The average molecular weight is 348 g/mol. The number of hydrogen-bond acceptors (Lipinski definition) is 4. The summed E-state index contributed by atoms with van der Waals surface area (Å²) in [6.45, 7) is 4.78. The fraction of sp³-hybridized carbons (Fsp3) is 0.529. The van der Waals surface area contributed by atoms with Gasteiger partial charge < -0.3 is 19.5 Å². The van der Waals surface area contributed by atoms with Gasteiger partial charge in [-0.25, -0.2) is 9.78 Å². The molecule has 130 valence electrons. The molecule has 0 radical (unpaired) electrons. The lowest BCUT2D eigenvalue weighted by Crippen LogP contribution is -2.47. The van der Waals surface area contributed by atoms with Crippen molar-refractivity contribution in [1.82, 2.24) is 19.8 Å². The molecule has 7 heteroatoms. The fourth-order valence-corrected chi connectivity index (χ4v) is 3.62. The highest BCUT2D eigenvalue weighted by Crippen LogP contribution is 2.17. The molecule has 1 aliphatic rings. The summed E-state index contributed by atoms with van der Waals surface area (Å²) in [6, 6.07) is 4.08. The topological polar surface area (TPSA) is 59.4 Å². The van der Waals surface area contributed by atoms with Crippen LogP contribution in [0.25, 0.3) is 0 Å². The standard InChI is InChI=1S/C17H24N4O2S/c1-14(10-20-7-6-18-13-20)19-17(22)21(11-15-4-2-8-23-15)12-16-5-3-9-24-16/h3,5-7,9,13-15H,2,4,8,10-12H2,1H3,(H,19,22). The Morgan fingerprint density at radius 3 is 3.21 bits per heavy atom. The van der Waals surface area contributed by atoms with E-state index in [1.165, 1.54) is 4.88 Å². The largest absolute Gasteiger partial charge is 0.376 e. The van der Waals surface area contributed by atoms with E-state index in [1.807, 2.05) is 34.0 Å². The number of carbonyl (C=O) groups excluding carboxylic acids is 1. The monoisotopic (exact) mass is 348 g/mol. The van der Waals surface area contributed by atoms with E-state index in [0.29, 0.717) is 19.6 Å². The SMILES string of the molecule is CC(Cn1ccnc1)NC(=O)N(Cc1cccs1)CC1CCCO1. The van der Waals surface area contributed by atoms with Gasteiger partial charge in [0.15, 0.2) is 0 Å². The van der Waals surface area contributed by atoms with E-state index in [2.05, 4.69) is 16.4 Å². The van der Waals surface area contributed by atoms with Crippen LogP contribution in [-0.2, 0) is 17.8 Å². The predicted octanol–water partition coefficient (Wildman–Crippen LogP) is 2.72. The van der Waals surface area contributed by atoms with E-state index in [9.17, 15) is 4.79 Å². The van der Waals surface area contributed by atoms with Crippen LogP contribution in [0.3, 0.4) is 0 Å².